The molecule has 11 heteroatoms. The van der Waals surface area contributed by atoms with Crippen LogP contribution >= 0.6 is 0 Å². The average Bonchev–Trinajstić information content (AvgIpc) is 3.37. The Morgan fingerprint density at radius 3 is 2.93 bits per heavy atom. The van der Waals surface area contributed by atoms with Crippen LogP contribution in [0.15, 0.2) is 40.2 Å². The maximum atomic E-state index is 11.4. The number of aromatic hydroxyl groups is 1. The minimum absolute atomic E-state index is 0.0407. The number of aromatic amines is 2. The van der Waals surface area contributed by atoms with E-state index in [0.717, 1.165) is 12.8 Å². The van der Waals surface area contributed by atoms with Crippen molar-refractivity contribution in [3.05, 3.63) is 63.0 Å². The maximum absolute atomic E-state index is 11.4. The van der Waals surface area contributed by atoms with E-state index in [1.165, 1.54) is 16.8 Å². The molecule has 0 spiro atoms. The van der Waals surface area contributed by atoms with Crippen molar-refractivity contribution in [2.45, 2.75) is 18.9 Å². The number of benzene rings is 1. The van der Waals surface area contributed by atoms with Crippen LogP contribution in [-0.4, -0.2) is 40.7 Å². The molecular formula is C19H14N8O3. The number of fused-ring (bicyclic) bond motifs is 1. The van der Waals surface area contributed by atoms with Crippen LogP contribution in [0.25, 0.3) is 11.7 Å². The van der Waals surface area contributed by atoms with Crippen LogP contribution in [-0.2, 0) is 0 Å². The monoisotopic (exact) mass is 402 g/mol. The first kappa shape index (κ1) is 17.6. The molecule has 4 aromatic rings. The molecule has 0 amide bonds. The molecule has 3 aromatic heterocycles. The van der Waals surface area contributed by atoms with Gasteiger partial charge in [-0.2, -0.15) is 24.8 Å². The van der Waals surface area contributed by atoms with E-state index in [0.29, 0.717) is 27.8 Å². The zero-order valence-electron chi connectivity index (χ0n) is 15.4. The number of hydrogen-bond donors (Lipinski definition) is 3. The van der Waals surface area contributed by atoms with Gasteiger partial charge in [-0.3, -0.25) is 4.98 Å². The molecule has 0 aliphatic heterocycles. The third-order valence-electron chi connectivity index (χ3n) is 4.41. The van der Waals surface area contributed by atoms with Gasteiger partial charge in [0.2, 0.25) is 5.88 Å². The fourth-order valence-electron chi connectivity index (χ4n) is 2.84. The summed E-state index contributed by atoms with van der Waals surface area (Å²) in [6.07, 6.45) is 5.01. The lowest BCUT2D eigenvalue weighted by Crippen LogP contribution is -2.23. The lowest BCUT2D eigenvalue weighted by molar-refractivity contribution is 0.435. The van der Waals surface area contributed by atoms with Crippen LogP contribution in [0.2, 0.25) is 0 Å². The molecule has 0 unspecified atom stereocenters. The van der Waals surface area contributed by atoms with Gasteiger partial charge in [-0.05, 0) is 37.1 Å². The van der Waals surface area contributed by atoms with Gasteiger partial charge in [0.1, 0.15) is 11.4 Å². The first-order valence-corrected chi connectivity index (χ1v) is 9.10. The van der Waals surface area contributed by atoms with Gasteiger partial charge in [0.25, 0.3) is 5.62 Å². The minimum Gasteiger partial charge on any atom is -0.493 e. The van der Waals surface area contributed by atoms with Crippen LogP contribution in [0, 0.1) is 11.3 Å². The van der Waals surface area contributed by atoms with Gasteiger partial charge in [-0.1, -0.05) is 6.07 Å². The van der Waals surface area contributed by atoms with Gasteiger partial charge in [0, 0.05) is 5.22 Å². The van der Waals surface area contributed by atoms with E-state index in [2.05, 4.69) is 36.1 Å². The molecule has 1 aliphatic carbocycles. The molecule has 1 aromatic carbocycles. The second-order valence-corrected chi connectivity index (χ2v) is 6.73. The molecular weight excluding hydrogens is 388 g/mol. The molecule has 0 atom stereocenters. The van der Waals surface area contributed by atoms with Crippen molar-refractivity contribution in [2.75, 3.05) is 0 Å². The minimum atomic E-state index is -0.532. The molecule has 0 saturated heterocycles. The SMILES string of the molecule is N#Cc1cccc(Oc2nc(=NC3CC3)n3nc/c(=C\c4[nH]c(=O)[nH]c4O)c3n2)c1. The second-order valence-electron chi connectivity index (χ2n) is 6.73. The number of imidazole rings is 1. The van der Waals surface area contributed by atoms with E-state index in [1.54, 1.807) is 24.3 Å². The van der Waals surface area contributed by atoms with Gasteiger partial charge in [0.05, 0.1) is 23.9 Å². The highest BCUT2D eigenvalue weighted by Gasteiger charge is 2.21. The Labute approximate surface area is 167 Å². The number of nitrogens with one attached hydrogen (secondary N) is 2. The summed E-state index contributed by atoms with van der Waals surface area (Å²) in [5.74, 6) is 0.120. The number of nitriles is 1. The Hall–Kier alpha value is -4.46. The van der Waals surface area contributed by atoms with Gasteiger partial charge in [-0.15, -0.1) is 0 Å². The van der Waals surface area contributed by atoms with Crippen LogP contribution in [0.4, 0.5) is 0 Å². The Morgan fingerprint density at radius 2 is 2.20 bits per heavy atom. The maximum Gasteiger partial charge on any atom is 0.327 e. The van der Waals surface area contributed by atoms with Crippen molar-refractivity contribution in [3.8, 4) is 23.7 Å². The smallest absolute Gasteiger partial charge is 0.327 e. The number of ether oxygens (including phenoxy) is 1. The van der Waals surface area contributed by atoms with E-state index < -0.39 is 5.69 Å². The number of aromatic nitrogens is 6. The van der Waals surface area contributed by atoms with E-state index in [4.69, 9.17) is 10.00 Å². The van der Waals surface area contributed by atoms with E-state index in [1.807, 2.05) is 0 Å². The summed E-state index contributed by atoms with van der Waals surface area (Å²) in [6.45, 7) is 0. The molecule has 1 saturated carbocycles. The van der Waals surface area contributed by atoms with Crippen molar-refractivity contribution < 1.29 is 9.84 Å². The first-order valence-electron chi connectivity index (χ1n) is 9.10. The molecule has 3 heterocycles. The highest BCUT2D eigenvalue weighted by Crippen LogP contribution is 2.22. The van der Waals surface area contributed by atoms with Crippen molar-refractivity contribution in [2.24, 2.45) is 4.99 Å². The lowest BCUT2D eigenvalue weighted by atomic mass is 10.2. The highest BCUT2D eigenvalue weighted by atomic mass is 16.5. The van der Waals surface area contributed by atoms with Gasteiger partial charge in [0.15, 0.2) is 5.65 Å². The Bertz CT molecular complexity index is 1490. The Kier molecular flexibility index (Phi) is 4.03. The number of hydrogen-bond acceptors (Lipinski definition) is 8. The second kappa shape index (κ2) is 6.85. The number of H-pyrrole nitrogens is 2. The van der Waals surface area contributed by atoms with Crippen molar-refractivity contribution in [1.29, 1.82) is 5.26 Å². The number of rotatable bonds is 4. The topological polar surface area (TPSA) is 157 Å². The molecule has 3 N–H and O–H groups in total. The zero-order chi connectivity index (χ0) is 20.7. The molecule has 11 nitrogen and oxygen atoms in total. The predicted octanol–water partition coefficient (Wildman–Crippen LogP) is 0.121. The summed E-state index contributed by atoms with van der Waals surface area (Å²) in [4.78, 5) is 29.5. The predicted molar refractivity (Wildman–Crippen MR) is 102 cm³/mol. The fraction of sp³-hybridized carbons (Fsp3) is 0.158. The van der Waals surface area contributed by atoms with Crippen LogP contribution in [0.5, 0.6) is 17.6 Å². The summed E-state index contributed by atoms with van der Waals surface area (Å²) < 4.78 is 7.25. The molecule has 0 bridgehead atoms. The fourth-order valence-corrected chi connectivity index (χ4v) is 2.84. The Morgan fingerprint density at radius 1 is 1.33 bits per heavy atom. The highest BCUT2D eigenvalue weighted by molar-refractivity contribution is 5.56. The van der Waals surface area contributed by atoms with Crippen LogP contribution in [0.1, 0.15) is 24.1 Å². The first-order chi connectivity index (χ1) is 14.6. The average molecular weight is 402 g/mol. The summed E-state index contributed by atoms with van der Waals surface area (Å²) in [7, 11) is 0. The van der Waals surface area contributed by atoms with Crippen molar-refractivity contribution >= 4 is 11.7 Å². The summed E-state index contributed by atoms with van der Waals surface area (Å²) in [6, 6.07) is 8.91. The van der Waals surface area contributed by atoms with Gasteiger partial charge in [-0.25, -0.2) is 9.79 Å². The summed E-state index contributed by atoms with van der Waals surface area (Å²) in [5.41, 5.74) is 0.827. The molecule has 1 aliphatic rings. The molecule has 148 valence electrons. The van der Waals surface area contributed by atoms with E-state index in [-0.39, 0.29) is 23.6 Å². The normalized spacial score (nSPS) is 14.9. The molecule has 5 rings (SSSR count). The van der Waals surface area contributed by atoms with Gasteiger partial charge >= 0.3 is 11.7 Å². The van der Waals surface area contributed by atoms with E-state index >= 15 is 0 Å². The van der Waals surface area contributed by atoms with E-state index in [9.17, 15) is 9.90 Å². The third-order valence-corrected chi connectivity index (χ3v) is 4.41. The quantitative estimate of drug-likeness (QED) is 0.437. The van der Waals surface area contributed by atoms with Crippen LogP contribution < -0.4 is 21.3 Å². The van der Waals surface area contributed by atoms with Crippen molar-refractivity contribution in [3.63, 3.8) is 0 Å². The third kappa shape index (κ3) is 3.37. The molecule has 1 fully saturated rings. The molecule has 30 heavy (non-hydrogen) atoms. The largest absolute Gasteiger partial charge is 0.493 e. The lowest BCUT2D eigenvalue weighted by Gasteiger charge is -2.04. The summed E-state index contributed by atoms with van der Waals surface area (Å²) >= 11 is 0. The molecule has 0 radical (unpaired) electrons. The number of nitrogens with zero attached hydrogens (tertiary/aromatic N) is 6. The zero-order valence-corrected chi connectivity index (χ0v) is 15.4. The van der Waals surface area contributed by atoms with Gasteiger partial charge < -0.3 is 14.8 Å². The standard InChI is InChI=1S/C19H14N8O3/c20-8-10-2-1-3-13(6-10)30-19-24-15-11(7-14-16(28)25-18(29)23-14)9-21-27(15)17(26-19)22-12-4-5-12/h1-3,6-7,9,12,28H,4-5H2,(H2,23,25,29)/b11-7+,22-17?. The van der Waals surface area contributed by atoms with Crippen molar-refractivity contribution in [1.82, 2.24) is 29.5 Å². The van der Waals surface area contributed by atoms with Crippen LogP contribution in [0.3, 0.4) is 0 Å². The summed E-state index contributed by atoms with van der Waals surface area (Å²) in [5, 5.41) is 23.7. The Balaban J connectivity index is 1.67.